The van der Waals surface area contributed by atoms with Crippen LogP contribution < -0.4 is 11.1 Å². The van der Waals surface area contributed by atoms with Crippen molar-refractivity contribution >= 4 is 0 Å². The summed E-state index contributed by atoms with van der Waals surface area (Å²) in [5.74, 6) is 0. The van der Waals surface area contributed by atoms with Crippen LogP contribution in [0, 0.1) is 11.3 Å². The summed E-state index contributed by atoms with van der Waals surface area (Å²) in [6.45, 7) is 0.346. The molecule has 1 heterocycles. The van der Waals surface area contributed by atoms with Gasteiger partial charge in [0, 0.05) is 18.9 Å². The number of nitriles is 1. The van der Waals surface area contributed by atoms with E-state index in [0.29, 0.717) is 13.0 Å². The van der Waals surface area contributed by atoms with Crippen molar-refractivity contribution in [1.82, 2.24) is 9.13 Å². The summed E-state index contributed by atoms with van der Waals surface area (Å²) in [6.07, 6.45) is 3.70. The molecule has 0 unspecified atom stereocenters. The molecule has 2 aromatic rings. The van der Waals surface area contributed by atoms with Crippen molar-refractivity contribution in [1.29, 1.82) is 5.26 Å². The number of aromatic nitrogens is 2. The van der Waals surface area contributed by atoms with E-state index in [2.05, 4.69) is 0 Å². The van der Waals surface area contributed by atoms with Gasteiger partial charge in [-0.3, -0.25) is 14.2 Å². The first-order chi connectivity index (χ1) is 9.22. The molecule has 0 fully saturated rings. The van der Waals surface area contributed by atoms with Crippen LogP contribution in [0.2, 0.25) is 0 Å². The number of benzene rings is 1. The molecule has 0 saturated heterocycles. The first-order valence-corrected chi connectivity index (χ1v) is 5.93. The molecule has 0 N–H and O–H groups in total. The van der Waals surface area contributed by atoms with Crippen LogP contribution in [-0.2, 0) is 19.5 Å². The summed E-state index contributed by atoms with van der Waals surface area (Å²) in [7, 11) is 0. The maximum atomic E-state index is 11.8. The summed E-state index contributed by atoms with van der Waals surface area (Å²) in [6, 6.07) is 11.6. The molecule has 1 aromatic heterocycles. The summed E-state index contributed by atoms with van der Waals surface area (Å²) < 4.78 is 2.49. The minimum Gasteiger partial charge on any atom is -0.309 e. The number of nitrogens with zero attached hydrogens (tertiary/aromatic N) is 3. The van der Waals surface area contributed by atoms with E-state index in [0.717, 1.165) is 10.1 Å². The summed E-state index contributed by atoms with van der Waals surface area (Å²) in [5, 5.41) is 8.54. The molecule has 1 aromatic carbocycles. The monoisotopic (exact) mass is 255 g/mol. The van der Waals surface area contributed by atoms with Crippen molar-refractivity contribution in [2.75, 3.05) is 0 Å². The Balaban J connectivity index is 2.19. The lowest BCUT2D eigenvalue weighted by atomic mass is 10.1. The van der Waals surface area contributed by atoms with Crippen molar-refractivity contribution in [3.05, 3.63) is 69.0 Å². The van der Waals surface area contributed by atoms with Crippen LogP contribution in [0.3, 0.4) is 0 Å². The average molecular weight is 255 g/mol. The third kappa shape index (κ3) is 2.99. The first kappa shape index (κ1) is 12.8. The third-order valence-electron chi connectivity index (χ3n) is 2.86. The van der Waals surface area contributed by atoms with Gasteiger partial charge >= 0.3 is 11.1 Å². The molecule has 0 atom stereocenters. The second-order valence-electron chi connectivity index (χ2n) is 4.12. The van der Waals surface area contributed by atoms with Crippen LogP contribution in [0.25, 0.3) is 0 Å². The van der Waals surface area contributed by atoms with Crippen LogP contribution in [0.1, 0.15) is 5.56 Å². The Bertz CT molecular complexity index is 708. The average Bonchev–Trinajstić information content (AvgIpc) is 2.44. The highest BCUT2D eigenvalue weighted by atomic mass is 16.2. The van der Waals surface area contributed by atoms with Crippen LogP contribution in [0.15, 0.2) is 52.3 Å². The van der Waals surface area contributed by atoms with Crippen molar-refractivity contribution in [2.45, 2.75) is 19.5 Å². The van der Waals surface area contributed by atoms with Gasteiger partial charge < -0.3 is 4.57 Å². The molecule has 0 amide bonds. The summed E-state index contributed by atoms with van der Waals surface area (Å²) >= 11 is 0. The predicted octanol–water partition coefficient (Wildman–Crippen LogP) is 0.776. The zero-order valence-corrected chi connectivity index (χ0v) is 10.3. The van der Waals surface area contributed by atoms with Crippen LogP contribution in [0.5, 0.6) is 0 Å². The minimum absolute atomic E-state index is 0.104. The maximum absolute atomic E-state index is 11.8. The lowest BCUT2D eigenvalue weighted by Gasteiger charge is -2.06. The molecule has 19 heavy (non-hydrogen) atoms. The van der Waals surface area contributed by atoms with Crippen LogP contribution in [0.4, 0.5) is 0 Å². The normalized spacial score (nSPS) is 10.1. The van der Waals surface area contributed by atoms with E-state index in [-0.39, 0.29) is 6.54 Å². The van der Waals surface area contributed by atoms with Gasteiger partial charge in [-0.25, -0.2) is 0 Å². The molecule has 0 aliphatic rings. The molecular weight excluding hydrogens is 242 g/mol. The molecule has 0 aliphatic heterocycles. The zero-order valence-electron chi connectivity index (χ0n) is 10.3. The molecular formula is C14H13N3O2. The van der Waals surface area contributed by atoms with Crippen molar-refractivity contribution in [3.63, 3.8) is 0 Å². The number of rotatable bonds is 4. The number of hydrogen-bond donors (Lipinski definition) is 0. The van der Waals surface area contributed by atoms with Crippen molar-refractivity contribution in [3.8, 4) is 6.07 Å². The molecule has 0 bridgehead atoms. The summed E-state index contributed by atoms with van der Waals surface area (Å²) in [4.78, 5) is 23.5. The Morgan fingerprint density at radius 3 is 2.32 bits per heavy atom. The zero-order chi connectivity index (χ0) is 13.7. The highest BCUT2D eigenvalue weighted by Gasteiger charge is 2.04. The minimum atomic E-state index is -0.655. The first-order valence-electron chi connectivity index (χ1n) is 5.93. The van der Waals surface area contributed by atoms with E-state index < -0.39 is 11.1 Å². The fourth-order valence-electron chi connectivity index (χ4n) is 1.81. The van der Waals surface area contributed by atoms with E-state index in [4.69, 9.17) is 5.26 Å². The van der Waals surface area contributed by atoms with E-state index >= 15 is 0 Å². The van der Waals surface area contributed by atoms with Crippen LogP contribution >= 0.6 is 0 Å². The van der Waals surface area contributed by atoms with E-state index in [1.807, 2.05) is 36.4 Å². The van der Waals surface area contributed by atoms with Gasteiger partial charge in [0.2, 0.25) is 0 Å². The maximum Gasteiger partial charge on any atom is 0.317 e. The molecule has 96 valence electrons. The molecule has 2 rings (SSSR count). The van der Waals surface area contributed by atoms with Gasteiger partial charge in [0.05, 0.1) is 6.07 Å². The van der Waals surface area contributed by atoms with Gasteiger partial charge in [0.15, 0.2) is 0 Å². The standard InChI is InChI=1S/C14H13N3O2/c15-7-9-17-11-10-16(13(18)14(17)19)8-6-12-4-2-1-3-5-12/h1-5,10-11H,6,8-9H2. The second-order valence-corrected chi connectivity index (χ2v) is 4.12. The van der Waals surface area contributed by atoms with E-state index in [1.54, 1.807) is 6.20 Å². The Hall–Kier alpha value is -2.61. The van der Waals surface area contributed by atoms with Gasteiger partial charge in [-0.15, -0.1) is 0 Å². The molecule has 0 aliphatic carbocycles. The van der Waals surface area contributed by atoms with Crippen molar-refractivity contribution < 1.29 is 0 Å². The SMILES string of the molecule is N#CCn1ccn(CCc2ccccc2)c(=O)c1=O. The molecule has 5 heteroatoms. The van der Waals surface area contributed by atoms with Gasteiger partial charge in [0.1, 0.15) is 6.54 Å². The third-order valence-corrected chi connectivity index (χ3v) is 2.86. The highest BCUT2D eigenvalue weighted by molar-refractivity contribution is 5.14. The molecule has 0 radical (unpaired) electrons. The van der Waals surface area contributed by atoms with Gasteiger partial charge in [-0.1, -0.05) is 30.3 Å². The van der Waals surface area contributed by atoms with Gasteiger partial charge in [-0.05, 0) is 12.0 Å². The number of aryl methyl sites for hydroxylation is 2. The highest BCUT2D eigenvalue weighted by Crippen LogP contribution is 2.00. The molecule has 0 spiro atoms. The van der Waals surface area contributed by atoms with Gasteiger partial charge in [0.25, 0.3) is 0 Å². The van der Waals surface area contributed by atoms with Crippen LogP contribution in [-0.4, -0.2) is 9.13 Å². The second kappa shape index (κ2) is 5.83. The molecule has 0 saturated carbocycles. The predicted molar refractivity (Wildman–Crippen MR) is 70.7 cm³/mol. The Kier molecular flexibility index (Phi) is 3.94. The topological polar surface area (TPSA) is 67.8 Å². The quantitative estimate of drug-likeness (QED) is 0.758. The largest absolute Gasteiger partial charge is 0.317 e. The van der Waals surface area contributed by atoms with Gasteiger partial charge in [-0.2, -0.15) is 5.26 Å². The summed E-state index contributed by atoms with van der Waals surface area (Å²) in [5.41, 5.74) is -0.138. The Morgan fingerprint density at radius 1 is 1.00 bits per heavy atom. The Morgan fingerprint density at radius 2 is 1.63 bits per heavy atom. The Labute approximate surface area is 110 Å². The molecule has 5 nitrogen and oxygen atoms in total. The smallest absolute Gasteiger partial charge is 0.309 e. The fraction of sp³-hybridized carbons (Fsp3) is 0.214. The van der Waals surface area contributed by atoms with E-state index in [9.17, 15) is 9.59 Å². The fourth-order valence-corrected chi connectivity index (χ4v) is 1.81. The van der Waals surface area contributed by atoms with Crippen molar-refractivity contribution in [2.24, 2.45) is 0 Å². The lowest BCUT2D eigenvalue weighted by Crippen LogP contribution is -2.40. The lowest BCUT2D eigenvalue weighted by molar-refractivity contribution is 0.626. The van der Waals surface area contributed by atoms with E-state index in [1.165, 1.54) is 10.8 Å². The number of hydrogen-bond acceptors (Lipinski definition) is 3.